The van der Waals surface area contributed by atoms with Crippen molar-refractivity contribution in [2.24, 2.45) is 0 Å². The Balaban J connectivity index is 1.64. The van der Waals surface area contributed by atoms with Crippen LogP contribution in [0.25, 0.3) is 0 Å². The van der Waals surface area contributed by atoms with Crippen LogP contribution in [0, 0.1) is 0 Å². The Hall–Kier alpha value is -0.900. The molecule has 1 aromatic heterocycles. The largest absolute Gasteiger partial charge is 0.447 e. The van der Waals surface area contributed by atoms with Gasteiger partial charge in [-0.2, -0.15) is 0 Å². The Bertz CT molecular complexity index is 719. The van der Waals surface area contributed by atoms with Crippen LogP contribution in [-0.2, 0) is 26.4 Å². The lowest BCUT2D eigenvalue weighted by Gasteiger charge is -2.09. The number of nitrogens with one attached hydrogen (secondary N) is 2. The fourth-order valence-electron chi connectivity index (χ4n) is 2.30. The molecule has 0 aromatic carbocycles. The van der Waals surface area contributed by atoms with Gasteiger partial charge < -0.3 is 9.73 Å². The number of hydrogen-bond donors (Lipinski definition) is 2. The highest BCUT2D eigenvalue weighted by atomic mass is 32.2. The molecule has 0 radical (unpaired) electrons. The minimum absolute atomic E-state index is 0.0227. The van der Waals surface area contributed by atoms with Gasteiger partial charge in [-0.1, -0.05) is 0 Å². The highest BCUT2D eigenvalue weighted by molar-refractivity contribution is 7.92. The Morgan fingerprint density at radius 3 is 2.57 bits per heavy atom. The predicted molar refractivity (Wildman–Crippen MR) is 76.0 cm³/mol. The molecule has 2 fully saturated rings. The maximum absolute atomic E-state index is 12.1. The van der Waals surface area contributed by atoms with E-state index in [2.05, 4.69) is 10.0 Å². The normalized spacial score (nSPS) is 25.2. The molecule has 2 heterocycles. The fourth-order valence-corrected chi connectivity index (χ4v) is 5.29. The summed E-state index contributed by atoms with van der Waals surface area (Å²) in [4.78, 5) is 0. The zero-order chi connectivity index (χ0) is 15.1. The Morgan fingerprint density at radius 1 is 1.19 bits per heavy atom. The van der Waals surface area contributed by atoms with Crippen molar-refractivity contribution >= 4 is 19.9 Å². The van der Waals surface area contributed by atoms with Crippen LogP contribution < -0.4 is 10.0 Å². The van der Waals surface area contributed by atoms with E-state index < -0.39 is 25.9 Å². The SMILES string of the molecule is O=S1(=O)CCC(NS(=O)(=O)c2ccc(CNC3CC3)o2)C1. The molecule has 1 aromatic rings. The third-order valence-corrected chi connectivity index (χ3v) is 6.76. The summed E-state index contributed by atoms with van der Waals surface area (Å²) in [6.45, 7) is 0.498. The molecule has 2 aliphatic rings. The van der Waals surface area contributed by atoms with Crippen LogP contribution in [0.5, 0.6) is 0 Å². The molecule has 9 heteroatoms. The lowest BCUT2D eigenvalue weighted by molar-refractivity contribution is 0.397. The highest BCUT2D eigenvalue weighted by Gasteiger charge is 2.32. The molecular weight excluding hydrogens is 316 g/mol. The summed E-state index contributed by atoms with van der Waals surface area (Å²) in [5.41, 5.74) is 0. The lowest BCUT2D eigenvalue weighted by Crippen LogP contribution is -2.35. The molecule has 1 aliphatic carbocycles. The van der Waals surface area contributed by atoms with E-state index >= 15 is 0 Å². The minimum atomic E-state index is -3.80. The second kappa shape index (κ2) is 5.38. The van der Waals surface area contributed by atoms with Gasteiger partial charge >= 0.3 is 0 Å². The van der Waals surface area contributed by atoms with Crippen molar-refractivity contribution in [3.63, 3.8) is 0 Å². The van der Waals surface area contributed by atoms with Gasteiger partial charge in [-0.25, -0.2) is 21.6 Å². The summed E-state index contributed by atoms with van der Waals surface area (Å²) in [6.07, 6.45) is 2.59. The third kappa shape index (κ3) is 3.85. The maximum atomic E-state index is 12.1. The average Bonchev–Trinajstić information content (AvgIpc) is 2.97. The second-order valence-electron chi connectivity index (χ2n) is 5.60. The molecule has 7 nitrogen and oxygen atoms in total. The van der Waals surface area contributed by atoms with Gasteiger partial charge in [0.15, 0.2) is 9.84 Å². The van der Waals surface area contributed by atoms with Gasteiger partial charge in [0.25, 0.3) is 10.0 Å². The predicted octanol–water partition coefficient (Wildman–Crippen LogP) is -0.00300. The molecule has 1 atom stereocenters. The van der Waals surface area contributed by atoms with Crippen LogP contribution in [0.3, 0.4) is 0 Å². The van der Waals surface area contributed by atoms with Crippen molar-refractivity contribution in [1.82, 2.24) is 10.0 Å². The van der Waals surface area contributed by atoms with Crippen LogP contribution in [0.2, 0.25) is 0 Å². The molecule has 1 aliphatic heterocycles. The van der Waals surface area contributed by atoms with Crippen LogP contribution in [0.4, 0.5) is 0 Å². The first-order valence-corrected chi connectivity index (χ1v) is 10.2. The molecule has 1 unspecified atom stereocenters. The van der Waals surface area contributed by atoms with E-state index in [1.165, 1.54) is 6.07 Å². The zero-order valence-electron chi connectivity index (χ0n) is 11.4. The number of hydrogen-bond acceptors (Lipinski definition) is 6. The van der Waals surface area contributed by atoms with E-state index in [1.807, 2.05) is 0 Å². The van der Waals surface area contributed by atoms with Crippen LogP contribution in [0.15, 0.2) is 21.6 Å². The summed E-state index contributed by atoms with van der Waals surface area (Å²) < 4.78 is 54.7. The first-order chi connectivity index (χ1) is 9.84. The quantitative estimate of drug-likeness (QED) is 0.758. The van der Waals surface area contributed by atoms with Crippen molar-refractivity contribution < 1.29 is 21.3 Å². The van der Waals surface area contributed by atoms with Gasteiger partial charge in [0.2, 0.25) is 5.09 Å². The number of sulfone groups is 1. The lowest BCUT2D eigenvalue weighted by atomic mass is 10.3. The summed E-state index contributed by atoms with van der Waals surface area (Å²) in [6, 6.07) is 2.96. The van der Waals surface area contributed by atoms with E-state index in [1.54, 1.807) is 6.07 Å². The van der Waals surface area contributed by atoms with Crippen molar-refractivity contribution in [3.8, 4) is 0 Å². The molecular formula is C12H18N2O5S2. The van der Waals surface area contributed by atoms with Crippen molar-refractivity contribution in [3.05, 3.63) is 17.9 Å². The summed E-state index contributed by atoms with van der Waals surface area (Å²) in [5.74, 6) is 0.430. The van der Waals surface area contributed by atoms with E-state index in [0.29, 0.717) is 24.8 Å². The van der Waals surface area contributed by atoms with Crippen molar-refractivity contribution in [2.45, 2.75) is 43.0 Å². The Kier molecular flexibility index (Phi) is 3.85. The Morgan fingerprint density at radius 2 is 1.95 bits per heavy atom. The molecule has 0 bridgehead atoms. The van der Waals surface area contributed by atoms with Crippen molar-refractivity contribution in [2.75, 3.05) is 11.5 Å². The van der Waals surface area contributed by atoms with Gasteiger partial charge in [-0.05, 0) is 31.4 Å². The summed E-state index contributed by atoms with van der Waals surface area (Å²) in [7, 11) is -6.93. The Labute approximate surface area is 124 Å². The summed E-state index contributed by atoms with van der Waals surface area (Å²) >= 11 is 0. The second-order valence-corrected chi connectivity index (χ2v) is 9.47. The van der Waals surface area contributed by atoms with Gasteiger partial charge in [0.1, 0.15) is 5.76 Å². The number of furan rings is 1. The summed E-state index contributed by atoms with van der Waals surface area (Å²) in [5, 5.41) is 3.07. The molecule has 3 rings (SSSR count). The number of sulfonamides is 1. The smallest absolute Gasteiger partial charge is 0.274 e. The third-order valence-electron chi connectivity index (χ3n) is 3.60. The van der Waals surface area contributed by atoms with E-state index in [-0.39, 0.29) is 16.6 Å². The first-order valence-electron chi connectivity index (χ1n) is 6.89. The van der Waals surface area contributed by atoms with Gasteiger partial charge in [-0.15, -0.1) is 0 Å². The van der Waals surface area contributed by atoms with E-state index in [0.717, 1.165) is 12.8 Å². The fraction of sp³-hybridized carbons (Fsp3) is 0.667. The molecule has 1 saturated carbocycles. The van der Waals surface area contributed by atoms with Crippen LogP contribution in [0.1, 0.15) is 25.0 Å². The monoisotopic (exact) mass is 334 g/mol. The molecule has 0 spiro atoms. The maximum Gasteiger partial charge on any atom is 0.274 e. The first kappa shape index (κ1) is 15.0. The molecule has 2 N–H and O–H groups in total. The van der Waals surface area contributed by atoms with Gasteiger partial charge in [-0.3, -0.25) is 0 Å². The minimum Gasteiger partial charge on any atom is -0.447 e. The van der Waals surface area contributed by atoms with E-state index in [9.17, 15) is 16.8 Å². The van der Waals surface area contributed by atoms with E-state index in [4.69, 9.17) is 4.42 Å². The molecule has 1 saturated heterocycles. The van der Waals surface area contributed by atoms with Crippen molar-refractivity contribution in [1.29, 1.82) is 0 Å². The molecule has 21 heavy (non-hydrogen) atoms. The van der Waals surface area contributed by atoms with Gasteiger partial charge in [0, 0.05) is 12.1 Å². The zero-order valence-corrected chi connectivity index (χ0v) is 13.0. The molecule has 0 amide bonds. The average molecular weight is 334 g/mol. The number of rotatable bonds is 6. The highest BCUT2D eigenvalue weighted by Crippen LogP contribution is 2.21. The standard InChI is InChI=1S/C12H18N2O5S2/c15-20(16)6-5-10(8-20)14-21(17,18)12-4-3-11(19-12)7-13-9-1-2-9/h3-4,9-10,13-14H,1-2,5-8H2. The molecule has 118 valence electrons. The van der Waals surface area contributed by atoms with Crippen LogP contribution >= 0.6 is 0 Å². The van der Waals surface area contributed by atoms with Gasteiger partial charge in [0.05, 0.1) is 18.1 Å². The van der Waals surface area contributed by atoms with Crippen LogP contribution in [-0.4, -0.2) is 40.4 Å². The topological polar surface area (TPSA) is 105 Å².